The molecule has 8 nitrogen and oxygen atoms in total. The summed E-state index contributed by atoms with van der Waals surface area (Å²) in [5.41, 5.74) is 3.58. The number of nitrogens with one attached hydrogen (secondary N) is 2. The summed E-state index contributed by atoms with van der Waals surface area (Å²) in [6.45, 7) is 0.0397. The molecule has 4 rings (SSSR count). The third-order valence-electron chi connectivity index (χ3n) is 4.66. The van der Waals surface area contributed by atoms with Crippen LogP contribution in [-0.2, 0) is 4.79 Å². The molecule has 0 saturated carbocycles. The molecule has 0 atom stereocenters. The van der Waals surface area contributed by atoms with Crippen molar-refractivity contribution in [2.24, 2.45) is 5.10 Å². The highest BCUT2D eigenvalue weighted by molar-refractivity contribution is 6.33. The Kier molecular flexibility index (Phi) is 6.14. The fraction of sp³-hybridized carbons (Fsp3) is 0.0435. The molecular weight excluding hydrogens is 432 g/mol. The number of benzene rings is 3. The molecule has 0 radical (unpaired) electrons. The molecule has 1 amide bonds. The molecular formula is C23H17ClN4O4. The van der Waals surface area contributed by atoms with Gasteiger partial charge in [-0.3, -0.25) is 14.9 Å². The summed E-state index contributed by atoms with van der Waals surface area (Å²) in [5, 5.41) is 20.4. The van der Waals surface area contributed by atoms with Crippen LogP contribution in [0.5, 0.6) is 0 Å². The zero-order chi connectivity index (χ0) is 22.5. The molecule has 0 aliphatic carbocycles. The summed E-state index contributed by atoms with van der Waals surface area (Å²) >= 11 is 6.13. The van der Waals surface area contributed by atoms with Crippen LogP contribution in [0.25, 0.3) is 22.1 Å². The summed E-state index contributed by atoms with van der Waals surface area (Å²) in [6, 6.07) is 21.0. The van der Waals surface area contributed by atoms with Crippen LogP contribution in [0, 0.1) is 10.1 Å². The van der Waals surface area contributed by atoms with E-state index in [1.54, 1.807) is 12.1 Å². The molecule has 0 unspecified atom stereocenters. The summed E-state index contributed by atoms with van der Waals surface area (Å²) < 4.78 is 5.62. The molecule has 1 aromatic heterocycles. The van der Waals surface area contributed by atoms with Gasteiger partial charge in [-0.1, -0.05) is 48.0 Å². The fourth-order valence-corrected chi connectivity index (χ4v) is 3.36. The van der Waals surface area contributed by atoms with Crippen molar-refractivity contribution in [1.82, 2.24) is 5.43 Å². The summed E-state index contributed by atoms with van der Waals surface area (Å²) in [6.07, 6.45) is 1.34. The average Bonchev–Trinajstić information content (AvgIpc) is 3.26. The van der Waals surface area contributed by atoms with Crippen LogP contribution in [0.1, 0.15) is 5.76 Å². The molecule has 0 saturated heterocycles. The highest BCUT2D eigenvalue weighted by Gasteiger charge is 2.14. The molecule has 9 heteroatoms. The van der Waals surface area contributed by atoms with Gasteiger partial charge in [-0.25, -0.2) is 5.43 Å². The van der Waals surface area contributed by atoms with Gasteiger partial charge in [-0.2, -0.15) is 5.10 Å². The van der Waals surface area contributed by atoms with Crippen LogP contribution in [0.2, 0.25) is 5.02 Å². The normalized spacial score (nSPS) is 11.0. The van der Waals surface area contributed by atoms with Gasteiger partial charge in [0.2, 0.25) is 0 Å². The van der Waals surface area contributed by atoms with Gasteiger partial charge in [0.05, 0.1) is 22.7 Å². The lowest BCUT2D eigenvalue weighted by Crippen LogP contribution is -2.25. The zero-order valence-electron chi connectivity index (χ0n) is 16.6. The molecule has 32 heavy (non-hydrogen) atoms. The Labute approximate surface area is 187 Å². The van der Waals surface area contributed by atoms with E-state index in [1.165, 1.54) is 24.4 Å². The van der Waals surface area contributed by atoms with Gasteiger partial charge in [0, 0.05) is 28.8 Å². The number of amides is 1. The van der Waals surface area contributed by atoms with Gasteiger partial charge in [-0.05, 0) is 29.7 Å². The quantitative estimate of drug-likeness (QED) is 0.229. The first-order valence-electron chi connectivity index (χ1n) is 9.59. The van der Waals surface area contributed by atoms with Crippen molar-refractivity contribution in [3.05, 3.63) is 93.7 Å². The maximum atomic E-state index is 12.1. The maximum Gasteiger partial charge on any atom is 0.270 e. The standard InChI is InChI=1S/C23H17ClN4O4/c24-20-10-8-16(28(30)31)12-19(20)22-11-9-17(32-22)13-26-27-23(29)14-25-21-7-3-5-15-4-1-2-6-18(15)21/h1-13,25H,14H2,(H,27,29)/b26-13+. The number of non-ortho nitro benzene ring substituents is 1. The van der Waals surface area contributed by atoms with Crippen molar-refractivity contribution in [3.8, 4) is 11.3 Å². The van der Waals surface area contributed by atoms with E-state index in [0.717, 1.165) is 16.5 Å². The topological polar surface area (TPSA) is 110 Å². The lowest BCUT2D eigenvalue weighted by molar-refractivity contribution is -0.384. The Hall–Kier alpha value is -4.17. The zero-order valence-corrected chi connectivity index (χ0v) is 17.4. The third kappa shape index (κ3) is 4.76. The molecule has 0 fully saturated rings. The number of hydrogen-bond acceptors (Lipinski definition) is 6. The number of hydrazone groups is 1. The number of carbonyl (C=O) groups excluding carboxylic acids is 1. The number of halogens is 1. The van der Waals surface area contributed by atoms with Crippen LogP contribution in [0.4, 0.5) is 11.4 Å². The predicted molar refractivity (Wildman–Crippen MR) is 124 cm³/mol. The summed E-state index contributed by atoms with van der Waals surface area (Å²) in [4.78, 5) is 22.6. The van der Waals surface area contributed by atoms with Crippen molar-refractivity contribution in [2.45, 2.75) is 0 Å². The van der Waals surface area contributed by atoms with Crippen LogP contribution >= 0.6 is 11.6 Å². The smallest absolute Gasteiger partial charge is 0.270 e. The maximum absolute atomic E-state index is 12.1. The van der Waals surface area contributed by atoms with E-state index in [1.807, 2.05) is 42.5 Å². The second-order valence-corrected chi connectivity index (χ2v) is 7.20. The third-order valence-corrected chi connectivity index (χ3v) is 4.99. The van der Waals surface area contributed by atoms with E-state index >= 15 is 0 Å². The van der Waals surface area contributed by atoms with E-state index in [4.69, 9.17) is 16.0 Å². The molecule has 160 valence electrons. The van der Waals surface area contributed by atoms with Crippen molar-refractivity contribution in [2.75, 3.05) is 11.9 Å². The Balaban J connectivity index is 1.37. The monoisotopic (exact) mass is 448 g/mol. The first kappa shape index (κ1) is 21.1. The molecule has 0 aliphatic heterocycles. The van der Waals surface area contributed by atoms with E-state index in [0.29, 0.717) is 22.1 Å². The lowest BCUT2D eigenvalue weighted by Gasteiger charge is -2.08. The fourth-order valence-electron chi connectivity index (χ4n) is 3.15. The summed E-state index contributed by atoms with van der Waals surface area (Å²) in [7, 11) is 0. The average molecular weight is 449 g/mol. The number of furan rings is 1. The second kappa shape index (κ2) is 9.32. The molecule has 0 aliphatic rings. The molecule has 3 aromatic carbocycles. The van der Waals surface area contributed by atoms with Gasteiger partial charge in [0.15, 0.2) is 0 Å². The minimum absolute atomic E-state index is 0.0397. The number of hydrogen-bond donors (Lipinski definition) is 2. The lowest BCUT2D eigenvalue weighted by atomic mass is 10.1. The van der Waals surface area contributed by atoms with Crippen molar-refractivity contribution in [1.29, 1.82) is 0 Å². The minimum atomic E-state index is -0.507. The van der Waals surface area contributed by atoms with Crippen molar-refractivity contribution >= 4 is 45.9 Å². The Morgan fingerprint density at radius 2 is 1.91 bits per heavy atom. The molecule has 0 bridgehead atoms. The number of nitro groups is 1. The number of fused-ring (bicyclic) bond motifs is 1. The first-order chi connectivity index (χ1) is 15.5. The Morgan fingerprint density at radius 1 is 1.09 bits per heavy atom. The van der Waals surface area contributed by atoms with Crippen molar-refractivity contribution < 1.29 is 14.1 Å². The van der Waals surface area contributed by atoms with Gasteiger partial charge in [0.1, 0.15) is 11.5 Å². The minimum Gasteiger partial charge on any atom is -0.455 e. The van der Waals surface area contributed by atoms with Crippen LogP contribution in [0.3, 0.4) is 0 Å². The number of nitro benzene ring substituents is 1. The van der Waals surface area contributed by atoms with Crippen LogP contribution in [-0.4, -0.2) is 23.6 Å². The molecule has 4 aromatic rings. The van der Waals surface area contributed by atoms with E-state index < -0.39 is 4.92 Å². The highest BCUT2D eigenvalue weighted by Crippen LogP contribution is 2.32. The van der Waals surface area contributed by atoms with Gasteiger partial charge < -0.3 is 9.73 Å². The van der Waals surface area contributed by atoms with E-state index in [9.17, 15) is 14.9 Å². The van der Waals surface area contributed by atoms with Gasteiger partial charge in [-0.15, -0.1) is 0 Å². The predicted octanol–water partition coefficient (Wildman–Crippen LogP) is 5.22. The second-order valence-electron chi connectivity index (χ2n) is 6.80. The van der Waals surface area contributed by atoms with E-state index in [-0.39, 0.29) is 18.1 Å². The van der Waals surface area contributed by atoms with Crippen LogP contribution < -0.4 is 10.7 Å². The molecule has 0 spiro atoms. The molecule has 2 N–H and O–H groups in total. The first-order valence-corrected chi connectivity index (χ1v) is 9.97. The number of nitrogens with zero attached hydrogens (tertiary/aromatic N) is 2. The van der Waals surface area contributed by atoms with E-state index in [2.05, 4.69) is 15.8 Å². The number of rotatable bonds is 7. The van der Waals surface area contributed by atoms with Gasteiger partial charge >= 0.3 is 0 Å². The number of carbonyl (C=O) groups is 1. The summed E-state index contributed by atoms with van der Waals surface area (Å²) in [5.74, 6) is 0.372. The van der Waals surface area contributed by atoms with Gasteiger partial charge in [0.25, 0.3) is 11.6 Å². The largest absolute Gasteiger partial charge is 0.455 e. The Morgan fingerprint density at radius 3 is 2.75 bits per heavy atom. The highest BCUT2D eigenvalue weighted by atomic mass is 35.5. The SMILES string of the molecule is O=C(CNc1cccc2ccccc12)N/N=C/c1ccc(-c2cc([N+](=O)[O-])ccc2Cl)o1. The van der Waals surface area contributed by atoms with Crippen molar-refractivity contribution in [3.63, 3.8) is 0 Å². The van der Waals surface area contributed by atoms with Crippen LogP contribution in [0.15, 0.2) is 82.3 Å². The number of anilines is 1. The molecule has 1 heterocycles. The Bertz CT molecular complexity index is 1330.